The molecule has 0 saturated heterocycles. The fourth-order valence-corrected chi connectivity index (χ4v) is 3.75. The zero-order chi connectivity index (χ0) is 16.9. The van der Waals surface area contributed by atoms with Gasteiger partial charge in [-0.2, -0.15) is 0 Å². The molecule has 1 aliphatic heterocycles. The minimum atomic E-state index is -0.0790. The third-order valence-electron chi connectivity index (χ3n) is 4.36. The lowest BCUT2D eigenvalue weighted by molar-refractivity contribution is -0.126. The van der Waals surface area contributed by atoms with Gasteiger partial charge >= 0.3 is 0 Å². The van der Waals surface area contributed by atoms with E-state index in [-0.39, 0.29) is 11.9 Å². The lowest BCUT2D eigenvalue weighted by atomic mass is 9.93. The second-order valence-electron chi connectivity index (χ2n) is 5.92. The highest BCUT2D eigenvalue weighted by atomic mass is 32.2. The van der Waals surface area contributed by atoms with E-state index in [0.717, 1.165) is 30.4 Å². The maximum Gasteiger partial charge on any atom is 0.237 e. The maximum atomic E-state index is 12.6. The molecule has 6 nitrogen and oxygen atoms in total. The second-order valence-corrected chi connectivity index (χ2v) is 6.98. The monoisotopic (exact) mass is 345 g/mol. The molecule has 1 aliphatic rings. The fraction of sp³-hybridized carbons (Fsp3) is 0.471. The summed E-state index contributed by atoms with van der Waals surface area (Å²) in [6.07, 6.45) is 2.46. The van der Waals surface area contributed by atoms with Gasteiger partial charge in [-0.15, -0.1) is 10.2 Å². The molecule has 2 aromatic rings. The minimum absolute atomic E-state index is 0.0790. The molecule has 7 heteroatoms. The molecule has 0 radical (unpaired) electrons. The lowest BCUT2D eigenvalue weighted by Gasteiger charge is -2.35. The van der Waals surface area contributed by atoms with Crippen LogP contribution in [0, 0.1) is 0 Å². The highest BCUT2D eigenvalue weighted by Gasteiger charge is 2.30. The summed E-state index contributed by atoms with van der Waals surface area (Å²) in [4.78, 5) is 14.9. The molecule has 1 atom stereocenters. The van der Waals surface area contributed by atoms with Crippen LogP contribution in [-0.4, -0.2) is 50.5 Å². The molecule has 24 heavy (non-hydrogen) atoms. The second kappa shape index (κ2) is 7.81. The van der Waals surface area contributed by atoms with Gasteiger partial charge in [0.1, 0.15) is 6.33 Å². The number of carbonyl (C=O) groups is 1. The molecule has 0 spiro atoms. The number of carbonyl (C=O) groups excluding carboxylic acids is 1. The number of fused-ring (bicyclic) bond motifs is 1. The summed E-state index contributed by atoms with van der Waals surface area (Å²) in [5, 5.41) is 11.8. The number of likely N-dealkylation sites (N-methyl/N-ethyl adjacent to an activating group) is 1. The first-order valence-electron chi connectivity index (χ1n) is 8.24. The van der Waals surface area contributed by atoms with Gasteiger partial charge in [0.2, 0.25) is 5.91 Å². The summed E-state index contributed by atoms with van der Waals surface area (Å²) < 4.78 is 1.88. The van der Waals surface area contributed by atoms with Crippen molar-refractivity contribution in [2.24, 2.45) is 7.05 Å². The number of thioether (sulfide) groups is 1. The maximum absolute atomic E-state index is 12.6. The number of nitrogens with zero attached hydrogens (tertiary/aromatic N) is 4. The quantitative estimate of drug-likeness (QED) is 0.634. The predicted octanol–water partition coefficient (Wildman–Crippen LogP) is 1.47. The molecular weight excluding hydrogens is 322 g/mol. The average Bonchev–Trinajstić information content (AvgIpc) is 3.02. The summed E-state index contributed by atoms with van der Waals surface area (Å²) in [6, 6.07) is 8.32. The highest BCUT2D eigenvalue weighted by molar-refractivity contribution is 7.99. The van der Waals surface area contributed by atoms with Gasteiger partial charge in [-0.1, -0.05) is 43.0 Å². The molecule has 3 rings (SSSR count). The number of rotatable bonds is 6. The van der Waals surface area contributed by atoms with Crippen LogP contribution in [0.2, 0.25) is 0 Å². The van der Waals surface area contributed by atoms with Crippen LogP contribution >= 0.6 is 11.8 Å². The van der Waals surface area contributed by atoms with E-state index < -0.39 is 0 Å². The molecular formula is C17H23N5OS. The van der Waals surface area contributed by atoms with Crippen LogP contribution in [-0.2, 0) is 24.8 Å². The zero-order valence-corrected chi connectivity index (χ0v) is 14.9. The molecule has 1 aromatic carbocycles. The standard InChI is InChI=1S/C17H23N5OS/c1-3-22-11-14-7-5-4-6-13(14)10-15(22)16(23)18-8-9-24-17-20-19-12-21(17)2/h4-7,12,15H,3,8-11H2,1-2H3,(H,18,23). The number of aryl methyl sites for hydroxylation is 1. The van der Waals surface area contributed by atoms with Crippen molar-refractivity contribution in [3.63, 3.8) is 0 Å². The normalized spacial score (nSPS) is 17.5. The van der Waals surface area contributed by atoms with Crippen molar-refractivity contribution in [3.05, 3.63) is 41.7 Å². The first kappa shape index (κ1) is 17.0. The van der Waals surface area contributed by atoms with E-state index in [1.54, 1.807) is 18.1 Å². The van der Waals surface area contributed by atoms with E-state index in [4.69, 9.17) is 0 Å². The van der Waals surface area contributed by atoms with Crippen LogP contribution in [0.3, 0.4) is 0 Å². The predicted molar refractivity (Wildman–Crippen MR) is 94.8 cm³/mol. The van der Waals surface area contributed by atoms with E-state index in [1.807, 2.05) is 17.7 Å². The third kappa shape index (κ3) is 3.79. The van der Waals surface area contributed by atoms with Crippen LogP contribution in [0.5, 0.6) is 0 Å². The Labute approximate surface area is 146 Å². The molecule has 0 saturated carbocycles. The zero-order valence-electron chi connectivity index (χ0n) is 14.1. The first-order chi connectivity index (χ1) is 11.7. The molecule has 1 aromatic heterocycles. The number of hydrogen-bond donors (Lipinski definition) is 1. The van der Waals surface area contributed by atoms with Crippen molar-refractivity contribution >= 4 is 17.7 Å². The summed E-state index contributed by atoms with van der Waals surface area (Å²) in [5.74, 6) is 0.901. The fourth-order valence-electron chi connectivity index (χ4n) is 3.01. The van der Waals surface area contributed by atoms with Crippen molar-refractivity contribution in [1.82, 2.24) is 25.0 Å². The molecule has 0 fully saturated rings. The molecule has 0 bridgehead atoms. The molecule has 1 amide bonds. The van der Waals surface area contributed by atoms with E-state index in [1.165, 1.54) is 11.1 Å². The van der Waals surface area contributed by atoms with Gasteiger partial charge in [0, 0.05) is 25.9 Å². The van der Waals surface area contributed by atoms with Crippen LogP contribution in [0.4, 0.5) is 0 Å². The number of nitrogens with one attached hydrogen (secondary N) is 1. The Balaban J connectivity index is 1.53. The Morgan fingerprint density at radius 2 is 2.17 bits per heavy atom. The molecule has 128 valence electrons. The largest absolute Gasteiger partial charge is 0.354 e. The van der Waals surface area contributed by atoms with E-state index in [2.05, 4.69) is 45.5 Å². The van der Waals surface area contributed by atoms with Crippen LogP contribution in [0.15, 0.2) is 35.7 Å². The van der Waals surface area contributed by atoms with Gasteiger partial charge in [0.05, 0.1) is 6.04 Å². The lowest BCUT2D eigenvalue weighted by Crippen LogP contribution is -2.50. The van der Waals surface area contributed by atoms with Gasteiger partial charge in [-0.3, -0.25) is 9.69 Å². The molecule has 0 aliphatic carbocycles. The van der Waals surface area contributed by atoms with Crippen LogP contribution < -0.4 is 5.32 Å². The number of aromatic nitrogens is 3. The van der Waals surface area contributed by atoms with E-state index in [9.17, 15) is 4.79 Å². The summed E-state index contributed by atoms with van der Waals surface area (Å²) in [7, 11) is 1.92. The molecule has 1 unspecified atom stereocenters. The Hall–Kier alpha value is -1.86. The summed E-state index contributed by atoms with van der Waals surface area (Å²) >= 11 is 1.60. The summed E-state index contributed by atoms with van der Waals surface area (Å²) in [6.45, 7) is 4.46. The third-order valence-corrected chi connectivity index (χ3v) is 5.39. The van der Waals surface area contributed by atoms with Gasteiger partial charge < -0.3 is 9.88 Å². The smallest absolute Gasteiger partial charge is 0.237 e. The summed E-state index contributed by atoms with van der Waals surface area (Å²) in [5.41, 5.74) is 2.62. The molecule has 1 N–H and O–H groups in total. The Bertz CT molecular complexity index is 702. The number of benzene rings is 1. The highest BCUT2D eigenvalue weighted by Crippen LogP contribution is 2.23. The SMILES string of the molecule is CCN1Cc2ccccc2CC1C(=O)NCCSc1nncn1C. The number of amides is 1. The van der Waals surface area contributed by atoms with Gasteiger partial charge in [0.25, 0.3) is 0 Å². The number of hydrogen-bond acceptors (Lipinski definition) is 5. The molecule has 2 heterocycles. The Morgan fingerprint density at radius 1 is 1.38 bits per heavy atom. The topological polar surface area (TPSA) is 63.1 Å². The van der Waals surface area contributed by atoms with Crippen molar-refractivity contribution < 1.29 is 4.79 Å². The minimum Gasteiger partial charge on any atom is -0.354 e. The van der Waals surface area contributed by atoms with Gasteiger partial charge in [0.15, 0.2) is 5.16 Å². The van der Waals surface area contributed by atoms with Crippen LogP contribution in [0.1, 0.15) is 18.1 Å². The van der Waals surface area contributed by atoms with E-state index in [0.29, 0.717) is 6.54 Å². The van der Waals surface area contributed by atoms with Crippen LogP contribution in [0.25, 0.3) is 0 Å². The van der Waals surface area contributed by atoms with Crippen molar-refractivity contribution in [1.29, 1.82) is 0 Å². The Kier molecular flexibility index (Phi) is 5.52. The van der Waals surface area contributed by atoms with Crippen molar-refractivity contribution in [2.75, 3.05) is 18.8 Å². The van der Waals surface area contributed by atoms with Crippen molar-refractivity contribution in [3.8, 4) is 0 Å². The van der Waals surface area contributed by atoms with Crippen molar-refractivity contribution in [2.45, 2.75) is 31.1 Å². The van der Waals surface area contributed by atoms with E-state index >= 15 is 0 Å². The Morgan fingerprint density at radius 3 is 2.88 bits per heavy atom. The first-order valence-corrected chi connectivity index (χ1v) is 9.23. The van der Waals surface area contributed by atoms with Gasteiger partial charge in [-0.05, 0) is 24.1 Å². The van der Waals surface area contributed by atoms with Gasteiger partial charge in [-0.25, -0.2) is 0 Å². The average molecular weight is 345 g/mol.